The largest absolute Gasteiger partial charge is 0.365 e. The molecule has 1 aromatic heterocycles. The van der Waals surface area contributed by atoms with Gasteiger partial charge in [-0.1, -0.05) is 6.07 Å². The van der Waals surface area contributed by atoms with Gasteiger partial charge in [0.05, 0.1) is 0 Å². The van der Waals surface area contributed by atoms with Crippen LogP contribution >= 0.6 is 0 Å². The van der Waals surface area contributed by atoms with Crippen molar-refractivity contribution in [2.24, 2.45) is 5.73 Å². The van der Waals surface area contributed by atoms with E-state index < -0.39 is 17.5 Å². The monoisotopic (exact) mass is 186 g/mol. The van der Waals surface area contributed by atoms with E-state index in [1.54, 1.807) is 13.0 Å². The highest BCUT2D eigenvalue weighted by molar-refractivity contribution is 5.82. The summed E-state index contributed by atoms with van der Waals surface area (Å²) in [5, 5.41) is 0. The number of pyridine rings is 1. The number of primary amides is 1. The topological polar surface area (TPSA) is 56.0 Å². The molecule has 0 aliphatic carbocycles. The molecule has 2 N–H and O–H groups in total. The van der Waals surface area contributed by atoms with Gasteiger partial charge in [0.2, 0.25) is 0 Å². The molecule has 1 amide bonds. The SMILES string of the molecule is Cc1cccc(C(F)(F)C(N)=O)n1. The molecule has 0 atom stereocenters. The molecule has 0 aliphatic rings. The van der Waals surface area contributed by atoms with Crippen molar-refractivity contribution in [3.63, 3.8) is 0 Å². The average molecular weight is 186 g/mol. The van der Waals surface area contributed by atoms with E-state index in [1.807, 2.05) is 0 Å². The minimum atomic E-state index is -3.69. The van der Waals surface area contributed by atoms with Crippen LogP contribution in [0.2, 0.25) is 0 Å². The molecule has 0 saturated heterocycles. The summed E-state index contributed by atoms with van der Waals surface area (Å²) in [7, 11) is 0. The molecule has 0 bridgehead atoms. The molecule has 1 aromatic rings. The summed E-state index contributed by atoms with van der Waals surface area (Å²) >= 11 is 0. The standard InChI is InChI=1S/C8H8F2N2O/c1-5-3-2-4-6(12-5)8(9,10)7(11)13/h2-4H,1H3,(H2,11,13). The first-order chi connectivity index (χ1) is 5.94. The second-order valence-electron chi connectivity index (χ2n) is 2.60. The highest BCUT2D eigenvalue weighted by atomic mass is 19.3. The molecule has 3 nitrogen and oxygen atoms in total. The van der Waals surface area contributed by atoms with E-state index in [0.717, 1.165) is 6.07 Å². The Kier molecular flexibility index (Phi) is 2.27. The highest BCUT2D eigenvalue weighted by Crippen LogP contribution is 2.25. The summed E-state index contributed by atoms with van der Waals surface area (Å²) in [6.07, 6.45) is 0. The number of hydrogen-bond acceptors (Lipinski definition) is 2. The molecule has 0 aromatic carbocycles. The quantitative estimate of drug-likeness (QED) is 0.748. The first kappa shape index (κ1) is 9.57. The number of hydrogen-bond donors (Lipinski definition) is 1. The Morgan fingerprint density at radius 1 is 1.54 bits per heavy atom. The first-order valence-corrected chi connectivity index (χ1v) is 3.56. The van der Waals surface area contributed by atoms with Crippen molar-refractivity contribution in [3.05, 3.63) is 29.6 Å². The van der Waals surface area contributed by atoms with Crippen LogP contribution in [-0.4, -0.2) is 10.9 Å². The number of aromatic nitrogens is 1. The van der Waals surface area contributed by atoms with Crippen molar-refractivity contribution in [2.75, 3.05) is 0 Å². The van der Waals surface area contributed by atoms with Gasteiger partial charge in [0, 0.05) is 5.69 Å². The summed E-state index contributed by atoms with van der Waals surface area (Å²) in [6, 6.07) is 4.02. The third-order valence-electron chi connectivity index (χ3n) is 1.52. The number of nitrogens with two attached hydrogens (primary N) is 1. The maximum absolute atomic E-state index is 12.9. The number of nitrogens with zero attached hydrogens (tertiary/aromatic N) is 1. The maximum atomic E-state index is 12.9. The number of halogens is 2. The molecule has 70 valence electrons. The number of rotatable bonds is 2. The van der Waals surface area contributed by atoms with Gasteiger partial charge in [-0.2, -0.15) is 8.78 Å². The van der Waals surface area contributed by atoms with Crippen LogP contribution in [0.3, 0.4) is 0 Å². The third kappa shape index (κ3) is 1.80. The molecule has 0 aliphatic heterocycles. The number of alkyl halides is 2. The summed E-state index contributed by atoms with van der Waals surface area (Å²) in [5.41, 5.74) is 4.33. The summed E-state index contributed by atoms with van der Waals surface area (Å²) < 4.78 is 25.8. The molecule has 0 spiro atoms. The van der Waals surface area contributed by atoms with E-state index in [0.29, 0.717) is 5.69 Å². The van der Waals surface area contributed by atoms with Crippen molar-refractivity contribution in [2.45, 2.75) is 12.8 Å². The van der Waals surface area contributed by atoms with Crippen LogP contribution in [-0.2, 0) is 10.7 Å². The molecule has 0 radical (unpaired) electrons. The molecule has 0 fully saturated rings. The van der Waals surface area contributed by atoms with Gasteiger partial charge in [0.25, 0.3) is 5.91 Å². The second-order valence-corrected chi connectivity index (χ2v) is 2.60. The molecular weight excluding hydrogens is 178 g/mol. The van der Waals surface area contributed by atoms with Crippen molar-refractivity contribution < 1.29 is 13.6 Å². The van der Waals surface area contributed by atoms with E-state index in [9.17, 15) is 13.6 Å². The molecule has 5 heteroatoms. The van der Waals surface area contributed by atoms with Gasteiger partial charge in [-0.15, -0.1) is 0 Å². The third-order valence-corrected chi connectivity index (χ3v) is 1.52. The van der Waals surface area contributed by atoms with Gasteiger partial charge in [0.1, 0.15) is 5.69 Å². The normalized spacial score (nSPS) is 11.3. The lowest BCUT2D eigenvalue weighted by Gasteiger charge is -2.11. The zero-order valence-corrected chi connectivity index (χ0v) is 6.92. The maximum Gasteiger partial charge on any atom is 0.365 e. The van der Waals surface area contributed by atoms with Gasteiger partial charge in [0.15, 0.2) is 0 Å². The zero-order chi connectivity index (χ0) is 10.1. The van der Waals surface area contributed by atoms with Gasteiger partial charge in [-0.3, -0.25) is 9.78 Å². The number of aryl methyl sites for hydroxylation is 1. The van der Waals surface area contributed by atoms with Crippen molar-refractivity contribution in [3.8, 4) is 0 Å². The lowest BCUT2D eigenvalue weighted by Crippen LogP contribution is -2.33. The lowest BCUT2D eigenvalue weighted by atomic mass is 10.2. The molecule has 0 unspecified atom stereocenters. The molecule has 1 rings (SSSR count). The Morgan fingerprint density at radius 2 is 2.15 bits per heavy atom. The Bertz CT molecular complexity index is 339. The number of carbonyl (C=O) groups excluding carboxylic acids is 1. The fraction of sp³-hybridized carbons (Fsp3) is 0.250. The van der Waals surface area contributed by atoms with E-state index in [2.05, 4.69) is 10.7 Å². The minimum Gasteiger partial charge on any atom is -0.364 e. The predicted molar refractivity (Wildman–Crippen MR) is 42.1 cm³/mol. The number of carbonyl (C=O) groups is 1. The fourth-order valence-corrected chi connectivity index (χ4v) is 0.844. The van der Waals surface area contributed by atoms with Crippen LogP contribution in [0.5, 0.6) is 0 Å². The smallest absolute Gasteiger partial charge is 0.364 e. The van der Waals surface area contributed by atoms with Gasteiger partial charge in [-0.05, 0) is 19.1 Å². The van der Waals surface area contributed by atoms with Crippen molar-refractivity contribution in [1.29, 1.82) is 0 Å². The molecule has 13 heavy (non-hydrogen) atoms. The van der Waals surface area contributed by atoms with E-state index >= 15 is 0 Å². The van der Waals surface area contributed by atoms with Crippen LogP contribution in [0.4, 0.5) is 8.78 Å². The highest BCUT2D eigenvalue weighted by Gasteiger charge is 2.40. The van der Waals surface area contributed by atoms with Crippen molar-refractivity contribution in [1.82, 2.24) is 4.98 Å². The predicted octanol–water partition coefficient (Wildman–Crippen LogP) is 0.967. The van der Waals surface area contributed by atoms with Gasteiger partial charge in [-0.25, -0.2) is 0 Å². The Morgan fingerprint density at radius 3 is 2.62 bits per heavy atom. The lowest BCUT2D eigenvalue weighted by molar-refractivity contribution is -0.143. The molecule has 0 saturated carbocycles. The van der Waals surface area contributed by atoms with Crippen molar-refractivity contribution >= 4 is 5.91 Å². The Balaban J connectivity index is 3.14. The summed E-state index contributed by atoms with van der Waals surface area (Å²) in [4.78, 5) is 13.9. The molecule has 1 heterocycles. The fourth-order valence-electron chi connectivity index (χ4n) is 0.844. The van der Waals surface area contributed by atoms with E-state index in [4.69, 9.17) is 0 Å². The first-order valence-electron chi connectivity index (χ1n) is 3.56. The minimum absolute atomic E-state index is 0.415. The molecular formula is C8H8F2N2O. The zero-order valence-electron chi connectivity index (χ0n) is 6.92. The van der Waals surface area contributed by atoms with Crippen LogP contribution in [0.15, 0.2) is 18.2 Å². The van der Waals surface area contributed by atoms with Crippen LogP contribution < -0.4 is 5.73 Å². The Hall–Kier alpha value is -1.52. The van der Waals surface area contributed by atoms with Crippen LogP contribution in [0, 0.1) is 6.92 Å². The van der Waals surface area contributed by atoms with Crippen LogP contribution in [0.25, 0.3) is 0 Å². The van der Waals surface area contributed by atoms with E-state index in [1.165, 1.54) is 6.07 Å². The Labute approximate surface area is 73.6 Å². The average Bonchev–Trinajstić information content (AvgIpc) is 2.04. The number of amides is 1. The van der Waals surface area contributed by atoms with E-state index in [-0.39, 0.29) is 0 Å². The second kappa shape index (κ2) is 3.08. The van der Waals surface area contributed by atoms with Gasteiger partial charge < -0.3 is 5.73 Å². The summed E-state index contributed by atoms with van der Waals surface area (Å²) in [5.74, 6) is -5.38. The van der Waals surface area contributed by atoms with Gasteiger partial charge >= 0.3 is 5.92 Å². The van der Waals surface area contributed by atoms with Crippen LogP contribution in [0.1, 0.15) is 11.4 Å². The summed E-state index contributed by atoms with van der Waals surface area (Å²) in [6.45, 7) is 1.56.